The number of amides is 1. The maximum Gasteiger partial charge on any atom is 0.418 e. The summed E-state index contributed by atoms with van der Waals surface area (Å²) in [7, 11) is 0. The summed E-state index contributed by atoms with van der Waals surface area (Å²) in [6, 6.07) is 27.1. The number of ether oxygens (including phenoxy) is 1. The monoisotopic (exact) mass is 610 g/mol. The smallest absolute Gasteiger partial charge is 0.418 e. The standard InChI is InChI=1S/C36H29F3N2O4/c37-36(38,39)30-12-5-11-29-32(27(21-40-33(29)30)19-23-7-2-1-3-8-23)26-9-4-10-28(20-26)45-22-24-14-16-25(17-15-24)34(42)41-18-6-13-31(41)35(43)44/h1-5,7-12,14-17,20-21,31H,6,13,18-19,22H2,(H,43,44)/t31-/m0/s1. The van der Waals surface area contributed by atoms with Crippen LogP contribution in [0.25, 0.3) is 22.0 Å². The fraction of sp³-hybridized carbons (Fsp3) is 0.194. The van der Waals surface area contributed by atoms with Crippen LogP contribution in [-0.4, -0.2) is 39.5 Å². The van der Waals surface area contributed by atoms with Gasteiger partial charge in [-0.1, -0.05) is 66.7 Å². The number of alkyl halides is 3. The number of para-hydroxylation sites is 1. The molecule has 0 saturated carbocycles. The number of likely N-dealkylation sites (tertiary alicyclic amines) is 1. The average Bonchev–Trinajstić information content (AvgIpc) is 3.54. The highest BCUT2D eigenvalue weighted by molar-refractivity contribution is 5.98. The number of halogens is 3. The predicted molar refractivity (Wildman–Crippen MR) is 164 cm³/mol. The van der Waals surface area contributed by atoms with Crippen molar-refractivity contribution in [3.05, 3.63) is 131 Å². The first-order valence-corrected chi connectivity index (χ1v) is 14.6. The van der Waals surface area contributed by atoms with E-state index in [-0.39, 0.29) is 18.0 Å². The van der Waals surface area contributed by atoms with Gasteiger partial charge >= 0.3 is 12.1 Å². The Morgan fingerprint density at radius 1 is 0.911 bits per heavy atom. The molecule has 4 aromatic carbocycles. The lowest BCUT2D eigenvalue weighted by atomic mass is 9.92. The first-order chi connectivity index (χ1) is 21.7. The van der Waals surface area contributed by atoms with Crippen LogP contribution in [0.1, 0.15) is 45.5 Å². The van der Waals surface area contributed by atoms with Crippen LogP contribution < -0.4 is 4.74 Å². The van der Waals surface area contributed by atoms with Gasteiger partial charge in [-0.2, -0.15) is 13.2 Å². The van der Waals surface area contributed by atoms with Gasteiger partial charge in [0.25, 0.3) is 5.91 Å². The van der Waals surface area contributed by atoms with Crippen LogP contribution in [0.4, 0.5) is 13.2 Å². The van der Waals surface area contributed by atoms with Crippen molar-refractivity contribution in [3.8, 4) is 16.9 Å². The van der Waals surface area contributed by atoms with Gasteiger partial charge in [-0.05, 0) is 77.4 Å². The first kappa shape index (κ1) is 29.9. The van der Waals surface area contributed by atoms with Gasteiger partial charge in [0.05, 0.1) is 11.1 Å². The normalized spacial score (nSPS) is 14.9. The van der Waals surface area contributed by atoms with Crippen LogP contribution in [0, 0.1) is 0 Å². The maximum atomic E-state index is 13.9. The summed E-state index contributed by atoms with van der Waals surface area (Å²) >= 11 is 0. The molecule has 0 unspecified atom stereocenters. The Hall–Kier alpha value is -5.18. The van der Waals surface area contributed by atoms with Gasteiger partial charge in [-0.3, -0.25) is 9.78 Å². The molecule has 45 heavy (non-hydrogen) atoms. The fourth-order valence-electron chi connectivity index (χ4n) is 5.87. The third-order valence-electron chi connectivity index (χ3n) is 8.05. The van der Waals surface area contributed by atoms with Crippen molar-refractivity contribution >= 4 is 22.8 Å². The van der Waals surface area contributed by atoms with Gasteiger partial charge in [0.1, 0.15) is 18.4 Å². The minimum Gasteiger partial charge on any atom is -0.489 e. The van der Waals surface area contributed by atoms with Crippen LogP contribution in [0.5, 0.6) is 5.75 Å². The Kier molecular flexibility index (Phi) is 8.26. The van der Waals surface area contributed by atoms with E-state index in [4.69, 9.17) is 4.74 Å². The van der Waals surface area contributed by atoms with Crippen LogP contribution >= 0.6 is 0 Å². The van der Waals surface area contributed by atoms with E-state index in [2.05, 4.69) is 4.98 Å². The maximum absolute atomic E-state index is 13.9. The molecule has 0 radical (unpaired) electrons. The number of hydrogen-bond acceptors (Lipinski definition) is 4. The highest BCUT2D eigenvalue weighted by Gasteiger charge is 2.35. The molecule has 6 rings (SSSR count). The molecule has 0 bridgehead atoms. The fourth-order valence-corrected chi connectivity index (χ4v) is 5.87. The van der Waals surface area contributed by atoms with Crippen molar-refractivity contribution in [1.29, 1.82) is 0 Å². The summed E-state index contributed by atoms with van der Waals surface area (Å²) in [5, 5.41) is 9.81. The van der Waals surface area contributed by atoms with Crippen molar-refractivity contribution in [3.63, 3.8) is 0 Å². The second kappa shape index (κ2) is 12.4. The second-order valence-electron chi connectivity index (χ2n) is 11.0. The minimum atomic E-state index is -4.55. The Balaban J connectivity index is 1.27. The summed E-state index contributed by atoms with van der Waals surface area (Å²) in [6.45, 7) is 0.597. The van der Waals surface area contributed by atoms with E-state index >= 15 is 0 Å². The SMILES string of the molecule is O=C(O)[C@@H]1CCCN1C(=O)c1ccc(COc2cccc(-c3c(Cc4ccccc4)cnc4c(C(F)(F)F)cccc34)c2)cc1. The molecule has 6 nitrogen and oxygen atoms in total. The van der Waals surface area contributed by atoms with Gasteiger partial charge in [0.15, 0.2) is 0 Å². The first-order valence-electron chi connectivity index (χ1n) is 14.6. The molecule has 0 spiro atoms. The van der Waals surface area contributed by atoms with E-state index in [1.807, 2.05) is 36.4 Å². The van der Waals surface area contributed by atoms with Crippen LogP contribution in [0.15, 0.2) is 103 Å². The molecule has 1 N–H and O–H groups in total. The van der Waals surface area contributed by atoms with Crippen molar-refractivity contribution in [2.45, 2.75) is 38.1 Å². The summed E-state index contributed by atoms with van der Waals surface area (Å²) in [5.41, 5.74) is 3.45. The zero-order chi connectivity index (χ0) is 31.6. The topological polar surface area (TPSA) is 79.7 Å². The van der Waals surface area contributed by atoms with E-state index in [0.717, 1.165) is 22.8 Å². The lowest BCUT2D eigenvalue weighted by Gasteiger charge is -2.21. The van der Waals surface area contributed by atoms with Crippen LogP contribution in [-0.2, 0) is 24.0 Å². The lowest BCUT2D eigenvalue weighted by Crippen LogP contribution is -2.40. The Morgan fingerprint density at radius 2 is 1.67 bits per heavy atom. The molecule has 1 aliphatic rings. The second-order valence-corrected chi connectivity index (χ2v) is 11.0. The number of carboxylic acid groups (broad SMARTS) is 1. The van der Waals surface area contributed by atoms with Crippen molar-refractivity contribution in [2.75, 3.05) is 6.54 Å². The van der Waals surface area contributed by atoms with Crippen molar-refractivity contribution in [2.24, 2.45) is 0 Å². The van der Waals surface area contributed by atoms with Gasteiger partial charge in [0, 0.05) is 23.7 Å². The molecule has 1 aromatic heterocycles. The highest BCUT2D eigenvalue weighted by atomic mass is 19.4. The molecular formula is C36H29F3N2O4. The number of aromatic nitrogens is 1. The number of hydrogen-bond donors (Lipinski definition) is 1. The number of benzene rings is 4. The molecule has 1 saturated heterocycles. The molecule has 1 atom stereocenters. The number of nitrogens with zero attached hydrogens (tertiary/aromatic N) is 2. The zero-order valence-corrected chi connectivity index (χ0v) is 24.1. The molecular weight excluding hydrogens is 581 g/mol. The Bertz CT molecular complexity index is 1860. The predicted octanol–water partition coefficient (Wildman–Crippen LogP) is 7.78. The van der Waals surface area contributed by atoms with E-state index in [1.165, 1.54) is 17.2 Å². The average molecular weight is 611 g/mol. The third-order valence-corrected chi connectivity index (χ3v) is 8.05. The number of carbonyl (C=O) groups excluding carboxylic acids is 1. The number of carboxylic acids is 1. The van der Waals surface area contributed by atoms with Gasteiger partial charge < -0.3 is 14.7 Å². The van der Waals surface area contributed by atoms with Crippen molar-refractivity contribution < 1.29 is 32.6 Å². The molecule has 1 amide bonds. The quantitative estimate of drug-likeness (QED) is 0.194. The summed E-state index contributed by atoms with van der Waals surface area (Å²) in [4.78, 5) is 30.1. The Morgan fingerprint density at radius 3 is 2.40 bits per heavy atom. The summed E-state index contributed by atoms with van der Waals surface area (Å²) < 4.78 is 47.8. The summed E-state index contributed by atoms with van der Waals surface area (Å²) in [5.74, 6) is -0.790. The van der Waals surface area contributed by atoms with E-state index in [1.54, 1.807) is 48.5 Å². The van der Waals surface area contributed by atoms with Gasteiger partial charge in [-0.25, -0.2) is 4.79 Å². The van der Waals surface area contributed by atoms with Gasteiger partial charge in [-0.15, -0.1) is 0 Å². The van der Waals surface area contributed by atoms with Gasteiger partial charge in [0.2, 0.25) is 0 Å². The number of aliphatic carboxylic acids is 1. The number of fused-ring (bicyclic) bond motifs is 1. The largest absolute Gasteiger partial charge is 0.489 e. The summed E-state index contributed by atoms with van der Waals surface area (Å²) in [6.07, 6.45) is -1.45. The Labute approximate surface area is 257 Å². The molecule has 0 aliphatic carbocycles. The molecule has 9 heteroatoms. The van der Waals surface area contributed by atoms with E-state index in [9.17, 15) is 27.9 Å². The lowest BCUT2D eigenvalue weighted by molar-refractivity contribution is -0.141. The van der Waals surface area contributed by atoms with E-state index in [0.29, 0.717) is 53.6 Å². The molecule has 2 heterocycles. The van der Waals surface area contributed by atoms with Crippen LogP contribution in [0.3, 0.4) is 0 Å². The molecule has 5 aromatic rings. The number of carbonyl (C=O) groups is 2. The third kappa shape index (κ3) is 6.38. The van der Waals surface area contributed by atoms with Crippen LogP contribution in [0.2, 0.25) is 0 Å². The number of rotatable bonds is 8. The molecule has 1 fully saturated rings. The molecule has 228 valence electrons. The number of pyridine rings is 1. The highest BCUT2D eigenvalue weighted by Crippen LogP contribution is 2.39. The molecule has 1 aliphatic heterocycles. The zero-order valence-electron chi connectivity index (χ0n) is 24.1. The van der Waals surface area contributed by atoms with E-state index < -0.39 is 23.8 Å². The minimum absolute atomic E-state index is 0.110. The van der Waals surface area contributed by atoms with Crippen molar-refractivity contribution in [1.82, 2.24) is 9.88 Å².